The third-order valence-electron chi connectivity index (χ3n) is 5.51. The first-order valence-corrected chi connectivity index (χ1v) is 9.22. The lowest BCUT2D eigenvalue weighted by atomic mass is 10.2. The van der Waals surface area contributed by atoms with Gasteiger partial charge in [-0.05, 0) is 50.7 Å². The zero-order valence-corrected chi connectivity index (χ0v) is 14.9. The molecule has 1 fully saturated rings. The van der Waals surface area contributed by atoms with Crippen molar-refractivity contribution in [2.45, 2.75) is 32.0 Å². The Bertz CT molecular complexity index is 1060. The van der Waals surface area contributed by atoms with Crippen LogP contribution in [0.4, 0.5) is 0 Å². The van der Waals surface area contributed by atoms with E-state index in [1.807, 2.05) is 22.9 Å². The molecule has 0 spiro atoms. The quantitative estimate of drug-likeness (QED) is 0.570. The second kappa shape index (κ2) is 6.21. The van der Waals surface area contributed by atoms with Gasteiger partial charge in [0.1, 0.15) is 17.9 Å². The monoisotopic (exact) mass is 346 g/mol. The van der Waals surface area contributed by atoms with E-state index in [4.69, 9.17) is 4.98 Å². The molecule has 2 aromatic heterocycles. The van der Waals surface area contributed by atoms with Gasteiger partial charge in [0, 0.05) is 12.6 Å². The Morgan fingerprint density at radius 2 is 1.77 bits per heavy atom. The molecule has 0 unspecified atom stereocenters. The van der Waals surface area contributed by atoms with Gasteiger partial charge >= 0.3 is 0 Å². The van der Waals surface area contributed by atoms with Crippen molar-refractivity contribution >= 4 is 22.1 Å². The van der Waals surface area contributed by atoms with Gasteiger partial charge in [0.05, 0.1) is 16.6 Å². The Morgan fingerprint density at radius 3 is 2.58 bits per heavy atom. The number of rotatable bonds is 4. The van der Waals surface area contributed by atoms with Crippen LogP contribution in [0.3, 0.4) is 0 Å². The summed E-state index contributed by atoms with van der Waals surface area (Å²) in [5.74, 6) is 1.04. The molecular weight excluding hydrogens is 324 g/mol. The van der Waals surface area contributed by atoms with E-state index in [0.717, 1.165) is 28.9 Å². The summed E-state index contributed by atoms with van der Waals surface area (Å²) in [5, 5.41) is 8.63. The van der Waals surface area contributed by atoms with Gasteiger partial charge in [-0.3, -0.25) is 0 Å². The molecule has 2 aromatic carbocycles. The van der Waals surface area contributed by atoms with Crippen LogP contribution in [0.2, 0.25) is 0 Å². The van der Waals surface area contributed by atoms with Gasteiger partial charge in [0.25, 0.3) is 0 Å². The molecule has 0 aliphatic carbocycles. The minimum absolute atomic E-state index is 0.568. The molecule has 4 aromatic rings. The summed E-state index contributed by atoms with van der Waals surface area (Å²) >= 11 is 0. The number of aromatic nitrogens is 5. The molecule has 1 aliphatic rings. The normalized spacial score (nSPS) is 18.3. The maximum absolute atomic E-state index is 4.92. The highest BCUT2D eigenvalue weighted by atomic mass is 15.4. The van der Waals surface area contributed by atoms with Crippen molar-refractivity contribution in [3.8, 4) is 0 Å². The molecule has 132 valence electrons. The number of hydrogen-bond donors (Lipinski definition) is 0. The van der Waals surface area contributed by atoms with Crippen LogP contribution in [-0.4, -0.2) is 49.1 Å². The second-order valence-corrected chi connectivity index (χ2v) is 7.14. The van der Waals surface area contributed by atoms with Gasteiger partial charge in [-0.1, -0.05) is 29.5 Å². The third kappa shape index (κ3) is 2.57. The van der Waals surface area contributed by atoms with E-state index >= 15 is 0 Å². The molecule has 3 heterocycles. The average molecular weight is 346 g/mol. The zero-order chi connectivity index (χ0) is 17.5. The maximum Gasteiger partial charge on any atom is 0.131 e. The number of fused-ring (bicyclic) bond motifs is 2. The lowest BCUT2D eigenvalue weighted by Gasteiger charge is -2.21. The number of hydrogen-bond acceptors (Lipinski definition) is 4. The molecule has 5 rings (SSSR count). The van der Waals surface area contributed by atoms with Gasteiger partial charge in [0.2, 0.25) is 0 Å². The lowest BCUT2D eigenvalue weighted by molar-refractivity contribution is 0.281. The molecule has 0 amide bonds. The van der Waals surface area contributed by atoms with E-state index in [0.29, 0.717) is 12.6 Å². The standard InChI is InChI=1S/C20H22N6/c1-24-12-6-7-15(24)13-25-18-10-4-2-8-16(18)21-20(25)14-26-19-11-5-3-9-17(19)22-23-26/h2-5,8-11,15H,6-7,12-14H2,1H3/t15-/m1/s1. The Hall–Kier alpha value is -2.73. The van der Waals surface area contributed by atoms with Crippen molar-refractivity contribution in [1.29, 1.82) is 0 Å². The molecule has 1 atom stereocenters. The molecule has 0 saturated carbocycles. The lowest BCUT2D eigenvalue weighted by Crippen LogP contribution is -2.30. The maximum atomic E-state index is 4.92. The number of benzene rings is 2. The van der Waals surface area contributed by atoms with Crippen LogP contribution in [0.1, 0.15) is 18.7 Å². The van der Waals surface area contributed by atoms with Crippen LogP contribution < -0.4 is 0 Å². The predicted molar refractivity (Wildman–Crippen MR) is 102 cm³/mol. The fourth-order valence-electron chi connectivity index (χ4n) is 4.04. The fraction of sp³-hybridized carbons (Fsp3) is 0.350. The topological polar surface area (TPSA) is 51.8 Å². The molecule has 0 N–H and O–H groups in total. The summed E-state index contributed by atoms with van der Waals surface area (Å²) < 4.78 is 4.32. The van der Waals surface area contributed by atoms with Crippen molar-refractivity contribution in [3.63, 3.8) is 0 Å². The molecule has 26 heavy (non-hydrogen) atoms. The third-order valence-corrected chi connectivity index (χ3v) is 5.51. The molecule has 0 bridgehead atoms. The van der Waals surface area contributed by atoms with Gasteiger partial charge in [-0.25, -0.2) is 9.67 Å². The van der Waals surface area contributed by atoms with Crippen molar-refractivity contribution in [1.82, 2.24) is 29.4 Å². The van der Waals surface area contributed by atoms with Gasteiger partial charge < -0.3 is 9.47 Å². The predicted octanol–water partition coefficient (Wildman–Crippen LogP) is 2.92. The van der Waals surface area contributed by atoms with E-state index in [1.54, 1.807) is 0 Å². The average Bonchev–Trinajstić information content (AvgIpc) is 3.35. The van der Waals surface area contributed by atoms with Gasteiger partial charge in [-0.15, -0.1) is 5.10 Å². The molecule has 1 saturated heterocycles. The van der Waals surface area contributed by atoms with Crippen LogP contribution in [0, 0.1) is 0 Å². The number of likely N-dealkylation sites (N-methyl/N-ethyl adjacent to an activating group) is 1. The summed E-state index contributed by atoms with van der Waals surface area (Å²) in [6.45, 7) is 2.78. The Labute approximate surface area is 152 Å². The minimum atomic E-state index is 0.568. The van der Waals surface area contributed by atoms with Crippen molar-refractivity contribution < 1.29 is 0 Å². The fourth-order valence-corrected chi connectivity index (χ4v) is 4.04. The SMILES string of the molecule is CN1CCC[C@@H]1Cn1c(Cn2nnc3ccccc32)nc2ccccc21. The largest absolute Gasteiger partial charge is 0.325 e. The highest BCUT2D eigenvalue weighted by Crippen LogP contribution is 2.23. The van der Waals surface area contributed by atoms with Crippen LogP contribution in [-0.2, 0) is 13.1 Å². The first-order chi connectivity index (χ1) is 12.8. The summed E-state index contributed by atoms with van der Waals surface area (Å²) in [7, 11) is 2.22. The number of nitrogens with zero attached hydrogens (tertiary/aromatic N) is 6. The number of para-hydroxylation sites is 3. The van der Waals surface area contributed by atoms with Gasteiger partial charge in [0.15, 0.2) is 0 Å². The Kier molecular flexibility index (Phi) is 3.71. The van der Waals surface area contributed by atoms with Crippen molar-refractivity contribution in [2.75, 3.05) is 13.6 Å². The van der Waals surface area contributed by atoms with E-state index in [1.165, 1.54) is 24.9 Å². The highest BCUT2D eigenvalue weighted by molar-refractivity contribution is 5.76. The molecular formula is C20H22N6. The molecule has 6 nitrogen and oxygen atoms in total. The molecule has 1 aliphatic heterocycles. The first kappa shape index (κ1) is 15.5. The summed E-state index contributed by atoms with van der Waals surface area (Å²) in [6, 6.07) is 17.0. The van der Waals surface area contributed by atoms with Crippen molar-refractivity contribution in [2.24, 2.45) is 0 Å². The number of likely N-dealkylation sites (tertiary alicyclic amines) is 1. The highest BCUT2D eigenvalue weighted by Gasteiger charge is 2.23. The van der Waals surface area contributed by atoms with Crippen LogP contribution >= 0.6 is 0 Å². The minimum Gasteiger partial charge on any atom is -0.325 e. The summed E-state index contributed by atoms with van der Waals surface area (Å²) in [5.41, 5.74) is 4.22. The van der Waals surface area contributed by atoms with Crippen LogP contribution in [0.5, 0.6) is 0 Å². The van der Waals surface area contributed by atoms with E-state index < -0.39 is 0 Å². The molecule has 6 heteroatoms. The number of imidazole rings is 1. The Balaban J connectivity index is 1.57. The zero-order valence-electron chi connectivity index (χ0n) is 14.9. The van der Waals surface area contributed by atoms with Crippen LogP contribution in [0.15, 0.2) is 48.5 Å². The van der Waals surface area contributed by atoms with E-state index in [2.05, 4.69) is 57.2 Å². The Morgan fingerprint density at radius 1 is 1.00 bits per heavy atom. The first-order valence-electron chi connectivity index (χ1n) is 9.22. The van der Waals surface area contributed by atoms with Crippen LogP contribution in [0.25, 0.3) is 22.1 Å². The van der Waals surface area contributed by atoms with Gasteiger partial charge in [-0.2, -0.15) is 0 Å². The second-order valence-electron chi connectivity index (χ2n) is 7.14. The summed E-state index contributed by atoms with van der Waals surface area (Å²) in [6.07, 6.45) is 2.52. The molecule has 0 radical (unpaired) electrons. The van der Waals surface area contributed by atoms with Crippen molar-refractivity contribution in [3.05, 3.63) is 54.4 Å². The van der Waals surface area contributed by atoms with E-state index in [-0.39, 0.29) is 0 Å². The van der Waals surface area contributed by atoms with E-state index in [9.17, 15) is 0 Å². The summed E-state index contributed by atoms with van der Waals surface area (Å²) in [4.78, 5) is 7.38. The smallest absolute Gasteiger partial charge is 0.131 e.